The number of benzene rings is 2. The van der Waals surface area contributed by atoms with Gasteiger partial charge in [-0.05, 0) is 61.2 Å². The smallest absolute Gasteiger partial charge is 0.226 e. The van der Waals surface area contributed by atoms with Gasteiger partial charge in [-0.25, -0.2) is 0 Å². The lowest BCUT2D eigenvalue weighted by Crippen LogP contribution is -2.61. The summed E-state index contributed by atoms with van der Waals surface area (Å²) in [4.78, 5) is 17.3. The van der Waals surface area contributed by atoms with Crippen LogP contribution in [-0.2, 0) is 16.6 Å². The summed E-state index contributed by atoms with van der Waals surface area (Å²) in [5, 5.41) is 22.5. The quantitative estimate of drug-likeness (QED) is 0.563. The average molecular weight is 503 g/mol. The molecule has 1 aliphatic heterocycles. The number of piperidine rings is 1. The third-order valence-electron chi connectivity index (χ3n) is 7.71. The fourth-order valence-corrected chi connectivity index (χ4v) is 6.19. The number of phenolic OH excluding ortho intramolecular Hbond substituents is 1. The molecule has 1 saturated heterocycles. The van der Waals surface area contributed by atoms with Gasteiger partial charge in [-0.3, -0.25) is 9.69 Å². The van der Waals surface area contributed by atoms with Crippen LogP contribution >= 0.6 is 23.2 Å². The second-order valence-corrected chi connectivity index (χ2v) is 10.5. The number of amides is 1. The van der Waals surface area contributed by atoms with Crippen LogP contribution in [0.15, 0.2) is 55.1 Å². The van der Waals surface area contributed by atoms with E-state index in [1.165, 1.54) is 0 Å². The van der Waals surface area contributed by atoms with Gasteiger partial charge in [-0.2, -0.15) is 0 Å². The molecule has 2 aliphatic rings. The van der Waals surface area contributed by atoms with Crippen LogP contribution in [0.2, 0.25) is 10.0 Å². The van der Waals surface area contributed by atoms with Gasteiger partial charge in [0.2, 0.25) is 5.91 Å². The highest BCUT2D eigenvalue weighted by Gasteiger charge is 2.52. The molecule has 2 aromatic carbocycles. The molecule has 1 heterocycles. The monoisotopic (exact) mass is 502 g/mol. The zero-order valence-electron chi connectivity index (χ0n) is 19.5. The first-order chi connectivity index (χ1) is 16.2. The molecule has 2 aromatic rings. The normalized spacial score (nSPS) is 27.1. The van der Waals surface area contributed by atoms with Crippen molar-refractivity contribution < 1.29 is 15.0 Å². The lowest BCUT2D eigenvalue weighted by atomic mass is 9.56. The summed E-state index contributed by atoms with van der Waals surface area (Å²) >= 11 is 12.1. The summed E-state index contributed by atoms with van der Waals surface area (Å²) in [5.74, 6) is 0.210. The Morgan fingerprint density at radius 3 is 2.76 bits per heavy atom. The summed E-state index contributed by atoms with van der Waals surface area (Å²) in [7, 11) is 1.82. The van der Waals surface area contributed by atoms with Crippen LogP contribution in [-0.4, -0.2) is 64.7 Å². The third kappa shape index (κ3) is 4.99. The van der Waals surface area contributed by atoms with Crippen molar-refractivity contribution in [3.8, 4) is 5.75 Å². The van der Waals surface area contributed by atoms with Gasteiger partial charge in [0.1, 0.15) is 5.75 Å². The summed E-state index contributed by atoms with van der Waals surface area (Å²) in [6.07, 6.45) is 3.66. The number of aromatic hydroxyl groups is 1. The Labute approximate surface area is 211 Å². The molecule has 0 spiro atoms. The van der Waals surface area contributed by atoms with E-state index >= 15 is 0 Å². The van der Waals surface area contributed by atoms with Gasteiger partial charge in [0, 0.05) is 37.5 Å². The van der Waals surface area contributed by atoms with Crippen LogP contribution in [0, 0.1) is 5.92 Å². The van der Waals surface area contributed by atoms with Crippen LogP contribution in [0.3, 0.4) is 0 Å². The van der Waals surface area contributed by atoms with Crippen LogP contribution in [0.4, 0.5) is 0 Å². The number of likely N-dealkylation sites (tertiary alicyclic amines) is 1. The van der Waals surface area contributed by atoms with Crippen LogP contribution < -0.4 is 0 Å². The average Bonchev–Trinajstić information content (AvgIpc) is 2.81. The topological polar surface area (TPSA) is 64.0 Å². The Bertz CT molecular complexity index is 1060. The molecular weight excluding hydrogens is 471 g/mol. The molecule has 0 radical (unpaired) electrons. The van der Waals surface area contributed by atoms with Gasteiger partial charge in [-0.1, -0.05) is 47.5 Å². The molecule has 4 unspecified atom stereocenters. The van der Waals surface area contributed by atoms with Gasteiger partial charge in [0.05, 0.1) is 22.6 Å². The van der Waals surface area contributed by atoms with Gasteiger partial charge >= 0.3 is 0 Å². The number of hydrogen-bond donors (Lipinski definition) is 2. The van der Waals surface area contributed by atoms with Crippen molar-refractivity contribution in [2.45, 2.75) is 43.2 Å². The number of carbonyl (C=O) groups is 1. The summed E-state index contributed by atoms with van der Waals surface area (Å²) in [5.41, 5.74) is 1.52. The molecular formula is C27H32Cl2N2O3. The van der Waals surface area contributed by atoms with E-state index in [0.29, 0.717) is 16.5 Å². The Hall–Kier alpha value is -2.05. The molecule has 1 amide bonds. The van der Waals surface area contributed by atoms with E-state index in [9.17, 15) is 15.0 Å². The first-order valence-electron chi connectivity index (χ1n) is 11.7. The van der Waals surface area contributed by atoms with E-state index in [4.69, 9.17) is 23.2 Å². The maximum Gasteiger partial charge on any atom is 0.226 e. The largest absolute Gasteiger partial charge is 0.508 e. The predicted molar refractivity (Wildman–Crippen MR) is 136 cm³/mol. The van der Waals surface area contributed by atoms with Crippen molar-refractivity contribution >= 4 is 29.1 Å². The standard InChI is InChI=1S/C27H32Cl2N2O3/c1-3-10-31-11-9-27(19-5-4-6-21(32)14-19)16-20(15-25(33)22(27)17-31)30(2)26(34)13-18-7-8-23(28)24(29)12-18/h3-8,12,14,20,22,25,32-33H,1,9-11,13,15-17H2,2H3. The van der Waals surface area contributed by atoms with E-state index in [2.05, 4.69) is 11.5 Å². The van der Waals surface area contributed by atoms with E-state index in [-0.39, 0.29) is 35.5 Å². The number of carbonyl (C=O) groups excluding carboxylic acids is 1. The minimum Gasteiger partial charge on any atom is -0.508 e. The van der Waals surface area contributed by atoms with Crippen molar-refractivity contribution in [3.05, 3.63) is 76.3 Å². The summed E-state index contributed by atoms with van der Waals surface area (Å²) in [6.45, 7) is 6.28. The predicted octanol–water partition coefficient (Wildman–Crippen LogP) is 4.67. The van der Waals surface area contributed by atoms with Gasteiger partial charge < -0.3 is 15.1 Å². The van der Waals surface area contributed by atoms with Crippen LogP contribution in [0.25, 0.3) is 0 Å². The van der Waals surface area contributed by atoms with Crippen molar-refractivity contribution in [2.24, 2.45) is 5.92 Å². The number of likely N-dealkylation sites (N-methyl/N-ethyl adjacent to an activating group) is 1. The number of aliphatic hydroxyl groups excluding tert-OH is 1. The van der Waals surface area contributed by atoms with Crippen LogP contribution in [0.1, 0.15) is 30.4 Å². The number of phenols is 1. The SMILES string of the molecule is C=CCN1CCC2(c3cccc(O)c3)CC(N(C)C(=O)Cc3ccc(Cl)c(Cl)c3)CC(O)C2C1. The molecule has 2 fully saturated rings. The van der Waals surface area contributed by atoms with Gasteiger partial charge in [0.25, 0.3) is 0 Å². The van der Waals surface area contributed by atoms with E-state index in [1.54, 1.807) is 23.1 Å². The minimum absolute atomic E-state index is 0.0119. The Morgan fingerprint density at radius 1 is 1.26 bits per heavy atom. The fourth-order valence-electron chi connectivity index (χ4n) is 5.87. The van der Waals surface area contributed by atoms with Gasteiger partial charge in [0.15, 0.2) is 0 Å². The molecule has 0 bridgehead atoms. The number of halogens is 2. The fraction of sp³-hybridized carbons (Fsp3) is 0.444. The van der Waals surface area contributed by atoms with E-state index in [1.807, 2.05) is 37.4 Å². The Morgan fingerprint density at radius 2 is 2.06 bits per heavy atom. The van der Waals surface area contributed by atoms with Gasteiger partial charge in [-0.15, -0.1) is 6.58 Å². The molecule has 5 nitrogen and oxygen atoms in total. The molecule has 4 atom stereocenters. The Kier molecular flexibility index (Phi) is 7.58. The second kappa shape index (κ2) is 10.3. The lowest BCUT2D eigenvalue weighted by molar-refractivity contribution is -0.135. The lowest BCUT2D eigenvalue weighted by Gasteiger charge is -2.56. The highest BCUT2D eigenvalue weighted by Crippen LogP contribution is 2.50. The zero-order valence-corrected chi connectivity index (χ0v) is 21.0. The number of aliphatic hydroxyl groups is 1. The van der Waals surface area contributed by atoms with Crippen molar-refractivity contribution in [1.82, 2.24) is 9.80 Å². The highest BCUT2D eigenvalue weighted by molar-refractivity contribution is 6.42. The molecule has 0 aromatic heterocycles. The third-order valence-corrected chi connectivity index (χ3v) is 8.44. The maximum atomic E-state index is 13.2. The highest BCUT2D eigenvalue weighted by atomic mass is 35.5. The minimum atomic E-state index is -0.561. The molecule has 1 saturated carbocycles. The van der Waals surface area contributed by atoms with Crippen molar-refractivity contribution in [1.29, 1.82) is 0 Å². The molecule has 182 valence electrons. The van der Waals surface area contributed by atoms with Crippen molar-refractivity contribution in [2.75, 3.05) is 26.7 Å². The molecule has 4 rings (SSSR count). The summed E-state index contributed by atoms with van der Waals surface area (Å²) in [6, 6.07) is 12.5. The number of rotatable bonds is 6. The molecule has 2 N–H and O–H groups in total. The molecule has 7 heteroatoms. The maximum absolute atomic E-state index is 13.2. The summed E-state index contributed by atoms with van der Waals surface area (Å²) < 4.78 is 0. The van der Waals surface area contributed by atoms with E-state index in [0.717, 1.165) is 43.6 Å². The number of hydrogen-bond acceptors (Lipinski definition) is 4. The molecule has 34 heavy (non-hydrogen) atoms. The Balaban J connectivity index is 1.60. The first kappa shape index (κ1) is 25.1. The zero-order chi connectivity index (χ0) is 24.5. The second-order valence-electron chi connectivity index (χ2n) is 9.70. The molecule has 1 aliphatic carbocycles. The first-order valence-corrected chi connectivity index (χ1v) is 12.5. The van der Waals surface area contributed by atoms with E-state index < -0.39 is 6.10 Å². The number of nitrogens with zero attached hydrogens (tertiary/aromatic N) is 2. The van der Waals surface area contributed by atoms with Crippen LogP contribution in [0.5, 0.6) is 5.75 Å². The van der Waals surface area contributed by atoms with Crippen molar-refractivity contribution in [3.63, 3.8) is 0 Å². The number of fused-ring (bicyclic) bond motifs is 1.